The average Bonchev–Trinajstić information content (AvgIpc) is 2.34. The molecule has 100 valence electrons. The highest BCUT2D eigenvalue weighted by Crippen LogP contribution is 2.16. The summed E-state index contributed by atoms with van der Waals surface area (Å²) in [5, 5.41) is 0. The van der Waals surface area contributed by atoms with Gasteiger partial charge in [0.05, 0.1) is 12.7 Å². The number of benzene rings is 1. The SMILES string of the molecule is Cc1cc(F)ccc1CN1CCOC(CCN)C1. The minimum Gasteiger partial charge on any atom is -0.376 e. The molecule has 1 aromatic carbocycles. The molecule has 0 bridgehead atoms. The van der Waals surface area contributed by atoms with E-state index >= 15 is 0 Å². The van der Waals surface area contributed by atoms with Crippen LogP contribution in [0.1, 0.15) is 17.5 Å². The van der Waals surface area contributed by atoms with Crippen LogP contribution >= 0.6 is 0 Å². The molecule has 0 aromatic heterocycles. The van der Waals surface area contributed by atoms with Crippen LogP contribution in [-0.2, 0) is 11.3 Å². The van der Waals surface area contributed by atoms with Gasteiger partial charge in [0.2, 0.25) is 0 Å². The van der Waals surface area contributed by atoms with Gasteiger partial charge in [0.25, 0.3) is 0 Å². The Morgan fingerprint density at radius 3 is 3.06 bits per heavy atom. The standard InChI is InChI=1S/C14H21FN2O/c1-11-8-13(15)3-2-12(11)9-17-6-7-18-14(10-17)4-5-16/h2-3,8,14H,4-7,9-10,16H2,1H3. The number of aryl methyl sites for hydroxylation is 1. The highest BCUT2D eigenvalue weighted by molar-refractivity contribution is 5.26. The lowest BCUT2D eigenvalue weighted by atomic mass is 10.1. The van der Waals surface area contributed by atoms with Crippen molar-refractivity contribution >= 4 is 0 Å². The first-order valence-electron chi connectivity index (χ1n) is 6.48. The van der Waals surface area contributed by atoms with Crippen LogP contribution in [0.2, 0.25) is 0 Å². The van der Waals surface area contributed by atoms with Gasteiger partial charge < -0.3 is 10.5 Å². The second-order valence-corrected chi connectivity index (χ2v) is 4.88. The van der Waals surface area contributed by atoms with Crippen molar-refractivity contribution < 1.29 is 9.13 Å². The van der Waals surface area contributed by atoms with Gasteiger partial charge in [-0.25, -0.2) is 4.39 Å². The minimum atomic E-state index is -0.167. The summed E-state index contributed by atoms with van der Waals surface area (Å²) in [6.45, 7) is 6.07. The third kappa shape index (κ3) is 3.51. The molecular formula is C14H21FN2O. The first-order chi connectivity index (χ1) is 8.69. The zero-order valence-corrected chi connectivity index (χ0v) is 10.9. The van der Waals surface area contributed by atoms with Crippen LogP contribution in [0, 0.1) is 12.7 Å². The molecule has 2 N–H and O–H groups in total. The van der Waals surface area contributed by atoms with Crippen LogP contribution in [0.3, 0.4) is 0 Å². The number of hydrogen-bond donors (Lipinski definition) is 1. The normalized spacial score (nSPS) is 21.2. The number of nitrogens with two attached hydrogens (primary N) is 1. The van der Waals surface area contributed by atoms with Gasteiger partial charge in [-0.15, -0.1) is 0 Å². The Kier molecular flexibility index (Phi) is 4.69. The molecule has 2 rings (SSSR count). The lowest BCUT2D eigenvalue weighted by Gasteiger charge is -2.33. The highest BCUT2D eigenvalue weighted by Gasteiger charge is 2.20. The summed E-state index contributed by atoms with van der Waals surface area (Å²) in [6, 6.07) is 4.99. The third-order valence-corrected chi connectivity index (χ3v) is 3.41. The van der Waals surface area contributed by atoms with Gasteiger partial charge in [-0.1, -0.05) is 6.07 Å². The van der Waals surface area contributed by atoms with E-state index in [1.807, 2.05) is 13.0 Å². The summed E-state index contributed by atoms with van der Waals surface area (Å²) >= 11 is 0. The van der Waals surface area contributed by atoms with E-state index in [0.717, 1.165) is 38.2 Å². The van der Waals surface area contributed by atoms with Crippen molar-refractivity contribution in [2.75, 3.05) is 26.2 Å². The number of morpholine rings is 1. The summed E-state index contributed by atoms with van der Waals surface area (Å²) in [7, 11) is 0. The summed E-state index contributed by atoms with van der Waals surface area (Å²) in [5.74, 6) is -0.167. The van der Waals surface area contributed by atoms with Crippen molar-refractivity contribution in [3.05, 3.63) is 35.1 Å². The number of hydrogen-bond acceptors (Lipinski definition) is 3. The Bertz CT molecular complexity index is 395. The minimum absolute atomic E-state index is 0.167. The van der Waals surface area contributed by atoms with Crippen LogP contribution < -0.4 is 5.73 Å². The zero-order chi connectivity index (χ0) is 13.0. The number of halogens is 1. The highest BCUT2D eigenvalue weighted by atomic mass is 19.1. The van der Waals surface area contributed by atoms with Crippen molar-refractivity contribution in [3.63, 3.8) is 0 Å². The molecule has 1 saturated heterocycles. The van der Waals surface area contributed by atoms with E-state index in [1.54, 1.807) is 6.07 Å². The van der Waals surface area contributed by atoms with Gasteiger partial charge in [-0.2, -0.15) is 0 Å². The Labute approximate surface area is 108 Å². The average molecular weight is 252 g/mol. The fourth-order valence-corrected chi connectivity index (χ4v) is 2.36. The van der Waals surface area contributed by atoms with Crippen molar-refractivity contribution in [2.45, 2.75) is 26.0 Å². The topological polar surface area (TPSA) is 38.5 Å². The number of rotatable bonds is 4. The van der Waals surface area contributed by atoms with E-state index in [9.17, 15) is 4.39 Å². The fraction of sp³-hybridized carbons (Fsp3) is 0.571. The van der Waals surface area contributed by atoms with Crippen molar-refractivity contribution in [2.24, 2.45) is 5.73 Å². The molecule has 1 unspecified atom stereocenters. The summed E-state index contributed by atoms with van der Waals surface area (Å²) in [5.41, 5.74) is 7.75. The summed E-state index contributed by atoms with van der Waals surface area (Å²) < 4.78 is 18.7. The van der Waals surface area contributed by atoms with Crippen LogP contribution in [0.5, 0.6) is 0 Å². The van der Waals surface area contributed by atoms with Gasteiger partial charge >= 0.3 is 0 Å². The second kappa shape index (κ2) is 6.27. The lowest BCUT2D eigenvalue weighted by molar-refractivity contribution is -0.0335. The van der Waals surface area contributed by atoms with E-state index < -0.39 is 0 Å². The molecule has 1 aromatic rings. The van der Waals surface area contributed by atoms with Crippen LogP contribution in [-0.4, -0.2) is 37.2 Å². The monoisotopic (exact) mass is 252 g/mol. The van der Waals surface area contributed by atoms with Crippen LogP contribution in [0.4, 0.5) is 4.39 Å². The Morgan fingerprint density at radius 1 is 1.50 bits per heavy atom. The molecule has 1 aliphatic heterocycles. The molecular weight excluding hydrogens is 231 g/mol. The maximum absolute atomic E-state index is 13.0. The number of ether oxygens (including phenoxy) is 1. The molecule has 1 aliphatic rings. The van der Waals surface area contributed by atoms with Gasteiger partial charge in [-0.05, 0) is 43.1 Å². The quantitative estimate of drug-likeness (QED) is 0.886. The summed E-state index contributed by atoms with van der Waals surface area (Å²) in [6.07, 6.45) is 1.14. The molecule has 1 atom stereocenters. The van der Waals surface area contributed by atoms with Crippen LogP contribution in [0.25, 0.3) is 0 Å². The van der Waals surface area contributed by atoms with Gasteiger partial charge in [0.15, 0.2) is 0 Å². The van der Waals surface area contributed by atoms with E-state index in [0.29, 0.717) is 6.54 Å². The van der Waals surface area contributed by atoms with E-state index in [-0.39, 0.29) is 11.9 Å². The lowest BCUT2D eigenvalue weighted by Crippen LogP contribution is -2.42. The molecule has 0 spiro atoms. The second-order valence-electron chi connectivity index (χ2n) is 4.88. The van der Waals surface area contributed by atoms with Crippen LogP contribution in [0.15, 0.2) is 18.2 Å². The zero-order valence-electron chi connectivity index (χ0n) is 10.9. The molecule has 1 fully saturated rings. The molecule has 1 heterocycles. The molecule has 0 aliphatic carbocycles. The van der Waals surface area contributed by atoms with Crippen molar-refractivity contribution in [3.8, 4) is 0 Å². The largest absolute Gasteiger partial charge is 0.376 e. The van der Waals surface area contributed by atoms with Gasteiger partial charge in [0.1, 0.15) is 5.82 Å². The third-order valence-electron chi connectivity index (χ3n) is 3.41. The van der Waals surface area contributed by atoms with Crippen molar-refractivity contribution in [1.29, 1.82) is 0 Å². The fourth-order valence-electron chi connectivity index (χ4n) is 2.36. The predicted octanol–water partition coefficient (Wildman–Crippen LogP) is 1.68. The molecule has 4 heteroatoms. The number of nitrogens with zero attached hydrogens (tertiary/aromatic N) is 1. The molecule has 3 nitrogen and oxygen atoms in total. The van der Waals surface area contributed by atoms with Gasteiger partial charge in [-0.3, -0.25) is 4.90 Å². The first kappa shape index (κ1) is 13.5. The molecule has 0 saturated carbocycles. The first-order valence-corrected chi connectivity index (χ1v) is 6.48. The maximum atomic E-state index is 13.0. The maximum Gasteiger partial charge on any atom is 0.123 e. The molecule has 0 amide bonds. The van der Waals surface area contributed by atoms with Gasteiger partial charge in [0, 0.05) is 19.6 Å². The van der Waals surface area contributed by atoms with Crippen molar-refractivity contribution in [1.82, 2.24) is 4.90 Å². The predicted molar refractivity (Wildman–Crippen MR) is 69.8 cm³/mol. The van der Waals surface area contributed by atoms with E-state index in [2.05, 4.69) is 4.90 Å². The Hall–Kier alpha value is -0.970. The summed E-state index contributed by atoms with van der Waals surface area (Å²) in [4.78, 5) is 2.35. The van der Waals surface area contributed by atoms with E-state index in [4.69, 9.17) is 10.5 Å². The molecule has 18 heavy (non-hydrogen) atoms. The van der Waals surface area contributed by atoms with E-state index in [1.165, 1.54) is 11.6 Å². The Balaban J connectivity index is 1.96. The molecule has 0 radical (unpaired) electrons. The smallest absolute Gasteiger partial charge is 0.123 e. The Morgan fingerprint density at radius 2 is 2.33 bits per heavy atom.